The molecule has 4 aromatic rings. The molecule has 0 bridgehead atoms. The van der Waals surface area contributed by atoms with Gasteiger partial charge >= 0.3 is 0 Å². The van der Waals surface area contributed by atoms with E-state index < -0.39 is 0 Å². The highest BCUT2D eigenvalue weighted by molar-refractivity contribution is 6.07. The van der Waals surface area contributed by atoms with Crippen LogP contribution in [0.3, 0.4) is 0 Å². The van der Waals surface area contributed by atoms with E-state index in [1.54, 1.807) is 0 Å². The first kappa shape index (κ1) is 15.0. The van der Waals surface area contributed by atoms with E-state index in [2.05, 4.69) is 16.1 Å². The molecule has 0 saturated heterocycles. The molecule has 2 aromatic heterocycles. The van der Waals surface area contributed by atoms with Crippen LogP contribution < -0.4 is 5.56 Å². The summed E-state index contributed by atoms with van der Waals surface area (Å²) in [7, 11) is 0. The van der Waals surface area contributed by atoms with Crippen molar-refractivity contribution in [2.45, 2.75) is 25.7 Å². The minimum atomic E-state index is -0.0922. The summed E-state index contributed by atoms with van der Waals surface area (Å²) in [6.07, 6.45) is 4.15. The first-order chi connectivity index (χ1) is 12.8. The van der Waals surface area contributed by atoms with Crippen molar-refractivity contribution in [1.29, 1.82) is 0 Å². The van der Waals surface area contributed by atoms with Crippen molar-refractivity contribution in [1.82, 2.24) is 4.40 Å². The summed E-state index contributed by atoms with van der Waals surface area (Å²) in [5.74, 6) is 0. The van der Waals surface area contributed by atoms with Gasteiger partial charge in [-0.25, -0.2) is 0 Å². The summed E-state index contributed by atoms with van der Waals surface area (Å²) >= 11 is 0. The molecule has 5 rings (SSSR count). The lowest BCUT2D eigenvalue weighted by Crippen LogP contribution is -2.18. The Hall–Kier alpha value is -3.30. The number of rotatable bonds is 2. The van der Waals surface area contributed by atoms with Gasteiger partial charge in [0.25, 0.3) is 5.56 Å². The van der Waals surface area contributed by atoms with Gasteiger partial charge in [-0.15, -0.1) is 0 Å². The van der Waals surface area contributed by atoms with Crippen LogP contribution in [0.15, 0.2) is 58.4 Å². The normalized spacial score (nSPS) is 13.7. The third kappa shape index (κ3) is 1.92. The minimum Gasteiger partial charge on any atom is -0.279 e. The maximum absolute atomic E-state index is 13.5. The van der Waals surface area contributed by atoms with Gasteiger partial charge in [0.1, 0.15) is 0 Å². The Kier molecular flexibility index (Phi) is 3.24. The number of hydrogen-bond acceptors (Lipinski definition) is 2. The van der Waals surface area contributed by atoms with Crippen LogP contribution in [0.4, 0.5) is 5.69 Å². The number of fused-ring (bicyclic) bond motifs is 3. The van der Waals surface area contributed by atoms with Crippen molar-refractivity contribution >= 4 is 22.0 Å². The predicted molar refractivity (Wildman–Crippen MR) is 103 cm³/mol. The fourth-order valence-corrected chi connectivity index (χ4v) is 4.37. The first-order valence-corrected chi connectivity index (χ1v) is 8.86. The molecule has 5 nitrogen and oxygen atoms in total. The molecule has 0 amide bonds. The second-order valence-electron chi connectivity index (χ2n) is 6.75. The number of pyridine rings is 1. The fourth-order valence-electron chi connectivity index (χ4n) is 4.37. The highest BCUT2D eigenvalue weighted by Crippen LogP contribution is 2.40. The lowest BCUT2D eigenvalue weighted by atomic mass is 9.95. The Morgan fingerprint density at radius 2 is 1.73 bits per heavy atom. The Labute approximate surface area is 149 Å². The summed E-state index contributed by atoms with van der Waals surface area (Å²) in [4.78, 5) is 16.6. The van der Waals surface area contributed by atoms with Gasteiger partial charge in [0.15, 0.2) is 0 Å². The number of hydrogen-bond donors (Lipinski definition) is 0. The van der Waals surface area contributed by atoms with Crippen LogP contribution in [0, 0.1) is 0 Å². The monoisotopic (exact) mass is 340 g/mol. The standard InChI is InChI=1S/C21H16N4O/c22-24-23-19-16-11-6-10-15-14-9-4-5-12-17(14)25(20(15)16)21(26)18(19)13-7-2-1-3-8-13/h1-3,6-8,10-11H,4-5,9,12H2. The first-order valence-electron chi connectivity index (χ1n) is 8.86. The van der Waals surface area contributed by atoms with E-state index in [1.165, 1.54) is 5.56 Å². The van der Waals surface area contributed by atoms with Gasteiger partial charge in [-0.2, -0.15) is 0 Å². The van der Waals surface area contributed by atoms with Gasteiger partial charge in [0.05, 0.1) is 16.8 Å². The fraction of sp³-hybridized carbons (Fsp3) is 0.190. The van der Waals surface area contributed by atoms with Gasteiger partial charge in [0.2, 0.25) is 0 Å². The summed E-state index contributed by atoms with van der Waals surface area (Å²) in [6, 6.07) is 15.5. The van der Waals surface area contributed by atoms with E-state index in [-0.39, 0.29) is 5.56 Å². The molecule has 26 heavy (non-hydrogen) atoms. The van der Waals surface area contributed by atoms with Crippen LogP contribution in [0.25, 0.3) is 37.9 Å². The van der Waals surface area contributed by atoms with Crippen molar-refractivity contribution in [2.24, 2.45) is 5.11 Å². The SMILES string of the molecule is [N-]=[N+]=Nc1c(-c2ccccc2)c(=O)n2c3c(c4cccc1c42)CCCC3. The van der Waals surface area contributed by atoms with Gasteiger partial charge in [-0.1, -0.05) is 53.6 Å². The second kappa shape index (κ2) is 5.61. The zero-order valence-electron chi connectivity index (χ0n) is 14.1. The lowest BCUT2D eigenvalue weighted by Gasteiger charge is -2.13. The molecule has 5 heteroatoms. The molecule has 1 aliphatic rings. The summed E-state index contributed by atoms with van der Waals surface area (Å²) in [6.45, 7) is 0. The molecule has 0 saturated carbocycles. The number of benzene rings is 2. The quantitative estimate of drug-likeness (QED) is 0.274. The Morgan fingerprint density at radius 3 is 2.54 bits per heavy atom. The topological polar surface area (TPSA) is 70.2 Å². The maximum atomic E-state index is 13.5. The smallest absolute Gasteiger partial charge is 0.263 e. The molecule has 0 fully saturated rings. The highest BCUT2D eigenvalue weighted by Gasteiger charge is 2.25. The third-order valence-electron chi connectivity index (χ3n) is 5.41. The zero-order valence-corrected chi connectivity index (χ0v) is 14.1. The molecule has 0 aliphatic heterocycles. The predicted octanol–water partition coefficient (Wildman–Crippen LogP) is 5.38. The van der Waals surface area contributed by atoms with Crippen LogP contribution >= 0.6 is 0 Å². The average Bonchev–Trinajstić information content (AvgIpc) is 3.03. The van der Waals surface area contributed by atoms with E-state index >= 15 is 0 Å². The number of nitrogens with zero attached hydrogens (tertiary/aromatic N) is 4. The molecule has 0 N–H and O–H groups in total. The molecule has 0 spiro atoms. The molecule has 0 atom stereocenters. The third-order valence-corrected chi connectivity index (χ3v) is 5.41. The van der Waals surface area contributed by atoms with Crippen molar-refractivity contribution in [3.63, 3.8) is 0 Å². The Bertz CT molecular complexity index is 1250. The molecular weight excluding hydrogens is 324 g/mol. The van der Waals surface area contributed by atoms with Crippen molar-refractivity contribution in [3.05, 3.63) is 80.6 Å². The Morgan fingerprint density at radius 1 is 0.962 bits per heavy atom. The average molecular weight is 340 g/mol. The molecule has 2 heterocycles. The van der Waals surface area contributed by atoms with Gasteiger partial charge in [-0.3, -0.25) is 9.20 Å². The lowest BCUT2D eigenvalue weighted by molar-refractivity contribution is 0.669. The summed E-state index contributed by atoms with van der Waals surface area (Å²) in [5.41, 5.74) is 14.0. The van der Waals surface area contributed by atoms with Crippen LogP contribution in [0.2, 0.25) is 0 Å². The zero-order chi connectivity index (χ0) is 17.7. The van der Waals surface area contributed by atoms with E-state index in [4.69, 9.17) is 5.53 Å². The number of azide groups is 1. The van der Waals surface area contributed by atoms with E-state index in [0.29, 0.717) is 11.3 Å². The van der Waals surface area contributed by atoms with Crippen molar-refractivity contribution in [2.75, 3.05) is 0 Å². The van der Waals surface area contributed by atoms with E-state index in [1.807, 2.05) is 46.9 Å². The molecular formula is C21H16N4O. The summed E-state index contributed by atoms with van der Waals surface area (Å²) in [5, 5.41) is 5.90. The minimum absolute atomic E-state index is 0.0922. The Balaban J connectivity index is 2.06. The molecule has 0 radical (unpaired) electrons. The molecule has 2 aromatic carbocycles. The van der Waals surface area contributed by atoms with Crippen LogP contribution in [0.1, 0.15) is 24.1 Å². The number of aromatic nitrogens is 1. The van der Waals surface area contributed by atoms with Gasteiger partial charge < -0.3 is 0 Å². The van der Waals surface area contributed by atoms with Crippen LogP contribution in [0.5, 0.6) is 0 Å². The molecule has 0 unspecified atom stereocenters. The van der Waals surface area contributed by atoms with Gasteiger partial charge in [-0.05, 0) is 42.3 Å². The number of aryl methyl sites for hydroxylation is 2. The van der Waals surface area contributed by atoms with E-state index in [9.17, 15) is 4.79 Å². The van der Waals surface area contributed by atoms with Crippen molar-refractivity contribution in [3.8, 4) is 11.1 Å². The highest BCUT2D eigenvalue weighted by atomic mass is 16.1. The summed E-state index contributed by atoms with van der Waals surface area (Å²) < 4.78 is 1.87. The molecule has 126 valence electrons. The van der Waals surface area contributed by atoms with Crippen molar-refractivity contribution < 1.29 is 0 Å². The second-order valence-corrected chi connectivity index (χ2v) is 6.75. The van der Waals surface area contributed by atoms with E-state index in [0.717, 1.165) is 53.2 Å². The number of para-hydroxylation sites is 1. The van der Waals surface area contributed by atoms with Crippen LogP contribution in [-0.4, -0.2) is 4.40 Å². The molecule has 1 aliphatic carbocycles. The largest absolute Gasteiger partial charge is 0.279 e. The van der Waals surface area contributed by atoms with Gasteiger partial charge in [0, 0.05) is 21.4 Å². The van der Waals surface area contributed by atoms with Crippen LogP contribution in [-0.2, 0) is 12.8 Å². The maximum Gasteiger partial charge on any atom is 0.263 e.